The van der Waals surface area contributed by atoms with Crippen molar-refractivity contribution >= 4 is 11.9 Å². The van der Waals surface area contributed by atoms with E-state index < -0.39 is 48.2 Å². The summed E-state index contributed by atoms with van der Waals surface area (Å²) in [5, 5.41) is 0. The first kappa shape index (κ1) is 25.9. The van der Waals surface area contributed by atoms with Gasteiger partial charge in [0.2, 0.25) is 11.1 Å². The second kappa shape index (κ2) is 8.89. The zero-order valence-corrected chi connectivity index (χ0v) is 17.9. The van der Waals surface area contributed by atoms with Gasteiger partial charge < -0.3 is 9.47 Å². The monoisotopic (exact) mass is 470 g/mol. The molecule has 0 radical (unpaired) electrons. The maximum atomic E-state index is 13.7. The minimum atomic E-state index is -4.87. The van der Waals surface area contributed by atoms with Crippen LogP contribution in [0.5, 0.6) is 0 Å². The lowest BCUT2D eigenvalue weighted by molar-refractivity contribution is -0.237. The molecule has 2 aliphatic heterocycles. The molecule has 32 heavy (non-hydrogen) atoms. The van der Waals surface area contributed by atoms with Crippen LogP contribution in [0.3, 0.4) is 0 Å². The van der Waals surface area contributed by atoms with E-state index in [1.165, 1.54) is 24.3 Å². The topological polar surface area (TPSA) is 59.1 Å². The fourth-order valence-electron chi connectivity index (χ4n) is 3.98. The van der Waals surface area contributed by atoms with E-state index in [1.807, 2.05) is 0 Å². The number of halogens is 6. The highest BCUT2D eigenvalue weighted by molar-refractivity contribution is 5.83. The zero-order valence-electron chi connectivity index (χ0n) is 17.9. The summed E-state index contributed by atoms with van der Waals surface area (Å²) in [6, 6.07) is 0. The number of alkyl halides is 6. The van der Waals surface area contributed by atoms with Crippen LogP contribution in [0.4, 0.5) is 26.3 Å². The second-order valence-corrected chi connectivity index (χ2v) is 7.71. The quantitative estimate of drug-likeness (QED) is 0.465. The van der Waals surface area contributed by atoms with E-state index in [-0.39, 0.29) is 13.1 Å². The van der Waals surface area contributed by atoms with E-state index in [4.69, 9.17) is 0 Å². The molecule has 0 aromatic heterocycles. The van der Waals surface area contributed by atoms with Crippen molar-refractivity contribution in [2.24, 2.45) is 0 Å². The lowest BCUT2D eigenvalue weighted by Crippen LogP contribution is -2.64. The van der Waals surface area contributed by atoms with Crippen molar-refractivity contribution < 1.29 is 45.4 Å². The highest BCUT2D eigenvalue weighted by Gasteiger charge is 2.65. The number of rotatable bonds is 4. The van der Waals surface area contributed by atoms with Crippen molar-refractivity contribution in [3.05, 3.63) is 35.5 Å². The third kappa shape index (κ3) is 4.17. The Hall–Kier alpha value is -2.34. The van der Waals surface area contributed by atoms with E-state index in [1.54, 1.807) is 0 Å². The smallest absolute Gasteiger partial charge is 0.417 e. The van der Waals surface area contributed by atoms with Crippen LogP contribution in [0.15, 0.2) is 35.5 Å². The molecule has 0 saturated heterocycles. The van der Waals surface area contributed by atoms with Crippen molar-refractivity contribution in [1.29, 1.82) is 0 Å². The van der Waals surface area contributed by atoms with Crippen LogP contribution in [-0.4, -0.2) is 86.6 Å². The molecule has 2 unspecified atom stereocenters. The highest BCUT2D eigenvalue weighted by Crippen LogP contribution is 2.43. The molecule has 2 aliphatic rings. The third-order valence-corrected chi connectivity index (χ3v) is 5.96. The van der Waals surface area contributed by atoms with Gasteiger partial charge in [-0.2, -0.15) is 26.3 Å². The first-order valence-corrected chi connectivity index (χ1v) is 9.46. The average molecular weight is 470 g/mol. The normalized spacial score (nSPS) is 28.3. The summed E-state index contributed by atoms with van der Waals surface area (Å²) in [5.41, 5.74) is -4.73. The molecule has 0 aromatic carbocycles. The second-order valence-electron chi connectivity index (χ2n) is 7.71. The first-order chi connectivity index (χ1) is 14.7. The minimum absolute atomic E-state index is 0.233. The van der Waals surface area contributed by atoms with Gasteiger partial charge in [0.25, 0.3) is 0 Å². The molecule has 6 nitrogen and oxygen atoms in total. The summed E-state index contributed by atoms with van der Waals surface area (Å²) in [4.78, 5) is 25.6. The number of methoxy groups -OCH3 is 2. The largest absolute Gasteiger partial charge is 0.467 e. The average Bonchev–Trinajstić information content (AvgIpc) is 2.69. The molecule has 2 heterocycles. The lowest BCUT2D eigenvalue weighted by atomic mass is 9.86. The zero-order chi connectivity index (χ0) is 24.5. The molecule has 0 saturated carbocycles. The molecule has 0 spiro atoms. The molecular weight excluding hydrogens is 446 g/mol. The van der Waals surface area contributed by atoms with Crippen LogP contribution in [0.2, 0.25) is 0 Å². The third-order valence-electron chi connectivity index (χ3n) is 5.96. The van der Waals surface area contributed by atoms with Gasteiger partial charge in [-0.3, -0.25) is 9.80 Å². The van der Waals surface area contributed by atoms with E-state index in [0.29, 0.717) is 11.1 Å². The number of carbonyl (C=O) groups excluding carboxylic acids is 2. The van der Waals surface area contributed by atoms with E-state index in [0.717, 1.165) is 38.1 Å². The predicted molar refractivity (Wildman–Crippen MR) is 101 cm³/mol. The Kier molecular flexibility index (Phi) is 7.20. The van der Waals surface area contributed by atoms with Gasteiger partial charge in [-0.1, -0.05) is 24.3 Å². The van der Waals surface area contributed by atoms with Crippen molar-refractivity contribution in [2.75, 3.05) is 41.4 Å². The van der Waals surface area contributed by atoms with Crippen molar-refractivity contribution in [2.45, 2.75) is 36.3 Å². The number of nitrogens with zero attached hydrogens (tertiary/aromatic N) is 2. The van der Waals surface area contributed by atoms with Gasteiger partial charge in [-0.05, 0) is 25.2 Å². The van der Waals surface area contributed by atoms with Gasteiger partial charge in [0.1, 0.15) is 0 Å². The maximum Gasteiger partial charge on any atom is 0.417 e. The van der Waals surface area contributed by atoms with Crippen LogP contribution in [0.25, 0.3) is 0 Å². The highest BCUT2D eigenvalue weighted by atomic mass is 19.4. The van der Waals surface area contributed by atoms with E-state index >= 15 is 0 Å². The Labute approximate surface area is 181 Å². The van der Waals surface area contributed by atoms with Gasteiger partial charge in [0, 0.05) is 25.9 Å². The summed E-state index contributed by atoms with van der Waals surface area (Å²) in [6.07, 6.45) is -5.62. The number of esters is 2. The fourth-order valence-corrected chi connectivity index (χ4v) is 3.98. The SMILES string of the molecule is COC(=O)C1(C(F)(F)F)CC=C(/C=C/C2=CCC(C(=O)OC)(C(F)(F)F)N(C)C2)CN1C. The summed E-state index contributed by atoms with van der Waals surface area (Å²) < 4.78 is 90.7. The number of ether oxygens (including phenoxy) is 2. The number of carbonyl (C=O) groups is 2. The number of hydrogen-bond donors (Lipinski definition) is 0. The molecule has 0 aliphatic carbocycles. The standard InChI is InChI=1S/C20H24F6N2O4/c1-27-11-13(7-9-17(27,15(29)31-3)19(21,22)23)5-6-14-8-10-18(16(30)32-4,20(24,25)26)28(2)12-14/h5-8H,9-12H2,1-4H3/b6-5+. The van der Waals surface area contributed by atoms with Crippen molar-refractivity contribution in [1.82, 2.24) is 9.80 Å². The van der Waals surface area contributed by atoms with E-state index in [2.05, 4.69) is 9.47 Å². The Morgan fingerprint density at radius 1 is 0.812 bits per heavy atom. The molecule has 2 atom stereocenters. The Morgan fingerprint density at radius 3 is 1.34 bits per heavy atom. The van der Waals surface area contributed by atoms with Gasteiger partial charge >= 0.3 is 24.3 Å². The Bertz CT molecular complexity index is 780. The Morgan fingerprint density at radius 2 is 1.12 bits per heavy atom. The number of hydrogen-bond acceptors (Lipinski definition) is 6. The van der Waals surface area contributed by atoms with Crippen LogP contribution >= 0.6 is 0 Å². The van der Waals surface area contributed by atoms with Gasteiger partial charge in [0.15, 0.2) is 0 Å². The molecule has 0 bridgehead atoms. The lowest BCUT2D eigenvalue weighted by Gasteiger charge is -2.43. The summed E-state index contributed by atoms with van der Waals surface area (Å²) in [5.74, 6) is -2.84. The predicted octanol–water partition coefficient (Wildman–Crippen LogP) is 3.01. The maximum absolute atomic E-state index is 13.7. The number of likely N-dealkylation sites (N-methyl/N-ethyl adjacent to an activating group) is 2. The van der Waals surface area contributed by atoms with Crippen molar-refractivity contribution in [3.63, 3.8) is 0 Å². The molecule has 0 aromatic rings. The summed E-state index contributed by atoms with van der Waals surface area (Å²) >= 11 is 0. The van der Waals surface area contributed by atoms with E-state index in [9.17, 15) is 35.9 Å². The van der Waals surface area contributed by atoms with Gasteiger partial charge in [0.05, 0.1) is 14.2 Å². The summed E-state index contributed by atoms with van der Waals surface area (Å²) in [6.45, 7) is -0.467. The van der Waals surface area contributed by atoms with Crippen LogP contribution in [0.1, 0.15) is 12.8 Å². The van der Waals surface area contributed by atoms with Crippen molar-refractivity contribution in [3.8, 4) is 0 Å². The summed E-state index contributed by atoms with van der Waals surface area (Å²) in [7, 11) is 4.05. The first-order valence-electron chi connectivity index (χ1n) is 9.46. The van der Waals surface area contributed by atoms with Gasteiger partial charge in [-0.25, -0.2) is 9.59 Å². The molecule has 180 valence electrons. The van der Waals surface area contributed by atoms with Gasteiger partial charge in [-0.15, -0.1) is 0 Å². The fraction of sp³-hybridized carbons (Fsp3) is 0.600. The van der Waals surface area contributed by atoms with Crippen LogP contribution < -0.4 is 0 Å². The molecule has 12 heteroatoms. The Balaban J connectivity index is 2.27. The molecule has 0 amide bonds. The molecule has 0 fully saturated rings. The molecular formula is C20H24F6N2O4. The molecule has 0 N–H and O–H groups in total. The molecule has 2 rings (SSSR count). The minimum Gasteiger partial charge on any atom is -0.467 e. The van der Waals surface area contributed by atoms with Crippen LogP contribution in [0, 0.1) is 0 Å². The van der Waals surface area contributed by atoms with Crippen LogP contribution in [-0.2, 0) is 19.1 Å².